The van der Waals surface area contributed by atoms with Gasteiger partial charge in [0.2, 0.25) is 5.91 Å². The maximum atomic E-state index is 12.7. The Bertz CT molecular complexity index is 818. The number of pyridine rings is 1. The van der Waals surface area contributed by atoms with E-state index in [4.69, 9.17) is 0 Å². The van der Waals surface area contributed by atoms with E-state index >= 15 is 0 Å². The number of aryl methyl sites for hydroxylation is 2. The van der Waals surface area contributed by atoms with Crippen molar-refractivity contribution in [1.29, 1.82) is 0 Å². The monoisotopic (exact) mass is 380 g/mol. The molecule has 2 aromatic rings. The minimum Gasteiger partial charge on any atom is -0.354 e. The topological polar surface area (TPSA) is 65.5 Å². The normalized spacial score (nSPS) is 14.1. The zero-order valence-corrected chi connectivity index (χ0v) is 16.9. The molecule has 0 unspecified atom stereocenters. The number of hydrogen-bond acceptors (Lipinski definition) is 4. The van der Waals surface area contributed by atoms with Gasteiger partial charge in [-0.3, -0.25) is 9.59 Å². The molecule has 6 heteroatoms. The lowest BCUT2D eigenvalue weighted by Gasteiger charge is -2.34. The Balaban J connectivity index is 1.69. The molecule has 1 saturated heterocycles. The summed E-state index contributed by atoms with van der Waals surface area (Å²) in [5, 5.41) is 3.48. The van der Waals surface area contributed by atoms with Crippen LogP contribution in [0.3, 0.4) is 0 Å². The smallest absolute Gasteiger partial charge is 0.272 e. The Morgan fingerprint density at radius 3 is 2.07 bits per heavy atom. The molecule has 3 rings (SSSR count). The van der Waals surface area contributed by atoms with E-state index in [1.807, 2.05) is 6.07 Å². The first-order chi connectivity index (χ1) is 13.5. The predicted octanol–water partition coefficient (Wildman–Crippen LogP) is 3.25. The quantitative estimate of drug-likeness (QED) is 0.865. The summed E-state index contributed by atoms with van der Waals surface area (Å²) < 4.78 is 0. The van der Waals surface area contributed by atoms with Crippen molar-refractivity contribution in [3.05, 3.63) is 53.3 Å². The van der Waals surface area contributed by atoms with Gasteiger partial charge in [-0.05, 0) is 36.1 Å². The van der Waals surface area contributed by atoms with Crippen molar-refractivity contribution in [2.75, 3.05) is 31.5 Å². The van der Waals surface area contributed by atoms with Gasteiger partial charge in [0, 0.05) is 38.8 Å². The molecule has 1 fully saturated rings. The Hall–Kier alpha value is -2.89. The second kappa shape index (κ2) is 8.87. The molecule has 1 N–H and O–H groups in total. The summed E-state index contributed by atoms with van der Waals surface area (Å²) >= 11 is 0. The van der Waals surface area contributed by atoms with Crippen LogP contribution in [0, 0.1) is 0 Å². The number of benzene rings is 1. The van der Waals surface area contributed by atoms with Crippen LogP contribution in [0.1, 0.15) is 42.4 Å². The minimum absolute atomic E-state index is 0.0551. The van der Waals surface area contributed by atoms with E-state index in [2.05, 4.69) is 42.3 Å². The Morgan fingerprint density at radius 2 is 1.57 bits per heavy atom. The van der Waals surface area contributed by atoms with Crippen molar-refractivity contribution in [2.45, 2.75) is 33.6 Å². The fraction of sp³-hybridized carbons (Fsp3) is 0.409. The highest BCUT2D eigenvalue weighted by atomic mass is 16.2. The third kappa shape index (κ3) is 4.32. The largest absolute Gasteiger partial charge is 0.354 e. The van der Waals surface area contributed by atoms with Crippen LogP contribution in [0.15, 0.2) is 36.5 Å². The Morgan fingerprint density at radius 1 is 0.964 bits per heavy atom. The number of nitrogens with zero attached hydrogens (tertiary/aromatic N) is 3. The van der Waals surface area contributed by atoms with E-state index in [0.717, 1.165) is 24.2 Å². The van der Waals surface area contributed by atoms with Crippen LogP contribution in [0.5, 0.6) is 0 Å². The molecule has 1 aliphatic heterocycles. The lowest BCUT2D eigenvalue weighted by Crippen LogP contribution is -2.50. The van der Waals surface area contributed by atoms with Crippen molar-refractivity contribution >= 4 is 23.2 Å². The van der Waals surface area contributed by atoms with Gasteiger partial charge in [-0.25, -0.2) is 4.98 Å². The van der Waals surface area contributed by atoms with E-state index < -0.39 is 0 Å². The number of hydrogen-bond donors (Lipinski definition) is 1. The van der Waals surface area contributed by atoms with Gasteiger partial charge >= 0.3 is 0 Å². The molecule has 6 nitrogen and oxygen atoms in total. The highest BCUT2D eigenvalue weighted by molar-refractivity contribution is 5.92. The molecule has 0 atom stereocenters. The summed E-state index contributed by atoms with van der Waals surface area (Å²) in [6.07, 6.45) is 3.61. The number of nitrogens with one attached hydrogen (secondary N) is 1. The molecule has 0 saturated carbocycles. The molecule has 2 amide bonds. The maximum absolute atomic E-state index is 12.7. The van der Waals surface area contributed by atoms with Gasteiger partial charge in [0.25, 0.3) is 5.91 Å². The number of amides is 2. The van der Waals surface area contributed by atoms with Gasteiger partial charge in [0.15, 0.2) is 0 Å². The molecule has 1 aromatic carbocycles. The van der Waals surface area contributed by atoms with Crippen LogP contribution in [-0.4, -0.2) is 52.8 Å². The third-order valence-corrected chi connectivity index (χ3v) is 5.26. The van der Waals surface area contributed by atoms with E-state index in [1.54, 1.807) is 29.0 Å². The van der Waals surface area contributed by atoms with Gasteiger partial charge in [0.1, 0.15) is 5.69 Å². The van der Waals surface area contributed by atoms with E-state index in [-0.39, 0.29) is 11.8 Å². The number of para-hydroxylation sites is 1. The highest BCUT2D eigenvalue weighted by Crippen LogP contribution is 2.26. The van der Waals surface area contributed by atoms with Gasteiger partial charge < -0.3 is 15.1 Å². The molecule has 0 aliphatic carbocycles. The molecule has 0 spiro atoms. The molecule has 28 heavy (non-hydrogen) atoms. The summed E-state index contributed by atoms with van der Waals surface area (Å²) in [4.78, 5) is 32.0. The van der Waals surface area contributed by atoms with Crippen LogP contribution >= 0.6 is 0 Å². The summed E-state index contributed by atoms with van der Waals surface area (Å²) in [7, 11) is 0. The van der Waals surface area contributed by atoms with Crippen LogP contribution in [0.4, 0.5) is 11.4 Å². The van der Waals surface area contributed by atoms with Crippen LogP contribution < -0.4 is 5.32 Å². The van der Waals surface area contributed by atoms with E-state index in [0.29, 0.717) is 31.9 Å². The van der Waals surface area contributed by atoms with Gasteiger partial charge in [-0.2, -0.15) is 0 Å². The van der Waals surface area contributed by atoms with Crippen LogP contribution in [0.2, 0.25) is 0 Å². The number of rotatable bonds is 5. The first kappa shape index (κ1) is 19.9. The molecule has 1 aliphatic rings. The molecular weight excluding hydrogens is 352 g/mol. The molecule has 0 bridgehead atoms. The molecule has 1 aromatic heterocycles. The number of piperazine rings is 1. The Kier molecular flexibility index (Phi) is 6.29. The second-order valence-electron chi connectivity index (χ2n) is 7.01. The average Bonchev–Trinajstić information content (AvgIpc) is 2.74. The maximum Gasteiger partial charge on any atom is 0.272 e. The van der Waals surface area contributed by atoms with Crippen molar-refractivity contribution in [3.8, 4) is 0 Å². The van der Waals surface area contributed by atoms with Crippen molar-refractivity contribution in [1.82, 2.24) is 14.8 Å². The number of aromatic nitrogens is 1. The van der Waals surface area contributed by atoms with Crippen molar-refractivity contribution < 1.29 is 9.59 Å². The molecular formula is C22H28N4O2. The zero-order valence-electron chi connectivity index (χ0n) is 16.9. The first-order valence-electron chi connectivity index (χ1n) is 9.92. The molecule has 148 valence electrons. The van der Waals surface area contributed by atoms with Gasteiger partial charge in [0.05, 0.1) is 11.9 Å². The summed E-state index contributed by atoms with van der Waals surface area (Å²) in [5.41, 5.74) is 4.97. The fourth-order valence-corrected chi connectivity index (χ4v) is 3.53. The number of anilines is 2. The Labute approximate surface area is 166 Å². The number of carbonyl (C=O) groups is 2. The fourth-order valence-electron chi connectivity index (χ4n) is 3.53. The van der Waals surface area contributed by atoms with Gasteiger partial charge in [-0.1, -0.05) is 32.0 Å². The van der Waals surface area contributed by atoms with Gasteiger partial charge in [-0.15, -0.1) is 0 Å². The average molecular weight is 380 g/mol. The lowest BCUT2D eigenvalue weighted by molar-refractivity contribution is -0.130. The lowest BCUT2D eigenvalue weighted by atomic mass is 10.0. The van der Waals surface area contributed by atoms with Crippen LogP contribution in [0.25, 0.3) is 0 Å². The standard InChI is InChI=1S/C22H28N4O2/c1-4-17-7-6-8-18(5-2)21(17)24-19-9-10-20(23-15-19)22(28)26-13-11-25(12-14-26)16(3)27/h6-10,15,24H,4-5,11-14H2,1-3H3. The molecule has 0 radical (unpaired) electrons. The highest BCUT2D eigenvalue weighted by Gasteiger charge is 2.23. The predicted molar refractivity (Wildman–Crippen MR) is 111 cm³/mol. The minimum atomic E-state index is -0.0852. The second-order valence-corrected chi connectivity index (χ2v) is 7.01. The molecule has 2 heterocycles. The van der Waals surface area contributed by atoms with E-state index in [1.165, 1.54) is 11.1 Å². The first-order valence-corrected chi connectivity index (χ1v) is 9.92. The van der Waals surface area contributed by atoms with Crippen molar-refractivity contribution in [2.24, 2.45) is 0 Å². The number of carbonyl (C=O) groups excluding carboxylic acids is 2. The third-order valence-electron chi connectivity index (χ3n) is 5.26. The summed E-state index contributed by atoms with van der Waals surface area (Å²) in [6, 6.07) is 10.0. The van der Waals surface area contributed by atoms with E-state index in [9.17, 15) is 9.59 Å². The summed E-state index contributed by atoms with van der Waals surface area (Å²) in [6.45, 7) is 8.10. The SMILES string of the molecule is CCc1cccc(CC)c1Nc1ccc(C(=O)N2CCN(C(C)=O)CC2)nc1. The zero-order chi connectivity index (χ0) is 20.1. The summed E-state index contributed by atoms with van der Waals surface area (Å²) in [5.74, 6) is -0.0302. The van der Waals surface area contributed by atoms with Crippen molar-refractivity contribution in [3.63, 3.8) is 0 Å². The van der Waals surface area contributed by atoms with Crippen LogP contribution in [-0.2, 0) is 17.6 Å².